The van der Waals surface area contributed by atoms with Gasteiger partial charge in [0, 0.05) is 49.8 Å². The Kier molecular flexibility index (Phi) is 8.49. The molecule has 0 saturated carbocycles. The molecule has 8 heteroatoms. The zero-order chi connectivity index (χ0) is 21.6. The lowest BCUT2D eigenvalue weighted by Crippen LogP contribution is -2.40. The molecule has 170 valence electrons. The maximum Gasteiger partial charge on any atom is 0.227 e. The molecule has 2 aromatic carbocycles. The number of benzene rings is 2. The fraction of sp³-hybridized carbons (Fsp3) is 0.375. The highest BCUT2D eigenvalue weighted by Gasteiger charge is 2.25. The second kappa shape index (κ2) is 11.3. The number of guanidine groups is 1. The minimum atomic E-state index is 0. The second-order valence-corrected chi connectivity index (χ2v) is 7.93. The van der Waals surface area contributed by atoms with Gasteiger partial charge in [0.15, 0.2) is 5.96 Å². The summed E-state index contributed by atoms with van der Waals surface area (Å²) in [6.45, 7) is 4.75. The van der Waals surface area contributed by atoms with Crippen LogP contribution in [0.5, 0.6) is 0 Å². The van der Waals surface area contributed by atoms with Gasteiger partial charge in [0.2, 0.25) is 11.8 Å². The Bertz CT molecular complexity index is 977. The first kappa shape index (κ1) is 24.0. The van der Waals surface area contributed by atoms with Gasteiger partial charge in [-0.05, 0) is 42.7 Å². The first-order chi connectivity index (χ1) is 15.1. The molecule has 4 rings (SSSR count). The van der Waals surface area contributed by atoms with E-state index in [2.05, 4.69) is 22.0 Å². The summed E-state index contributed by atoms with van der Waals surface area (Å²) in [7, 11) is 0. The van der Waals surface area contributed by atoms with Crippen LogP contribution in [0, 0.1) is 0 Å². The van der Waals surface area contributed by atoms with Gasteiger partial charge in [-0.2, -0.15) is 0 Å². The van der Waals surface area contributed by atoms with E-state index in [1.54, 1.807) is 0 Å². The summed E-state index contributed by atoms with van der Waals surface area (Å²) in [6.07, 6.45) is 2.02. The first-order valence-corrected chi connectivity index (χ1v) is 10.9. The van der Waals surface area contributed by atoms with E-state index in [0.29, 0.717) is 25.9 Å². The quantitative estimate of drug-likeness (QED) is 0.293. The lowest BCUT2D eigenvalue weighted by molar-refractivity contribution is -0.117. The third kappa shape index (κ3) is 5.79. The van der Waals surface area contributed by atoms with Crippen molar-refractivity contribution < 1.29 is 9.59 Å². The molecule has 2 aliphatic rings. The average molecular weight is 547 g/mol. The molecule has 1 unspecified atom stereocenters. The van der Waals surface area contributed by atoms with Gasteiger partial charge < -0.3 is 20.9 Å². The van der Waals surface area contributed by atoms with Crippen molar-refractivity contribution in [3.63, 3.8) is 0 Å². The van der Waals surface area contributed by atoms with Crippen LogP contribution in [0.4, 0.5) is 11.4 Å². The fourth-order valence-corrected chi connectivity index (χ4v) is 4.12. The fourth-order valence-electron chi connectivity index (χ4n) is 4.12. The molecule has 7 nitrogen and oxygen atoms in total. The van der Waals surface area contributed by atoms with Crippen molar-refractivity contribution in [3.8, 4) is 0 Å². The van der Waals surface area contributed by atoms with E-state index in [4.69, 9.17) is 4.99 Å². The summed E-state index contributed by atoms with van der Waals surface area (Å²) in [5.74, 6) is 1.07. The normalized spacial score (nSPS) is 18.0. The Labute approximate surface area is 206 Å². The highest BCUT2D eigenvalue weighted by atomic mass is 127. The number of aliphatic imine (C=N–C) groups is 1. The van der Waals surface area contributed by atoms with Crippen LogP contribution < -0.4 is 20.9 Å². The first-order valence-electron chi connectivity index (χ1n) is 10.9. The number of amides is 2. The van der Waals surface area contributed by atoms with Crippen LogP contribution in [0.25, 0.3) is 0 Å². The SMILES string of the molecule is CCNC(=NCc1ccc(N2CCCC2=O)cc1)NCC1CC(=O)Nc2ccccc21.I. The topological polar surface area (TPSA) is 85.8 Å². The van der Waals surface area contributed by atoms with Crippen molar-refractivity contribution in [2.45, 2.75) is 38.6 Å². The molecule has 2 amide bonds. The maximum absolute atomic E-state index is 12.1. The predicted molar refractivity (Wildman–Crippen MR) is 139 cm³/mol. The van der Waals surface area contributed by atoms with Crippen LogP contribution in [0.3, 0.4) is 0 Å². The monoisotopic (exact) mass is 547 g/mol. The Morgan fingerprint density at radius 1 is 1.12 bits per heavy atom. The Hall–Kier alpha value is -2.62. The number of hydrogen-bond acceptors (Lipinski definition) is 3. The van der Waals surface area contributed by atoms with Gasteiger partial charge in [-0.1, -0.05) is 30.3 Å². The molecule has 1 fully saturated rings. The van der Waals surface area contributed by atoms with Gasteiger partial charge in [-0.3, -0.25) is 9.59 Å². The predicted octanol–water partition coefficient (Wildman–Crippen LogP) is 3.61. The molecular weight excluding hydrogens is 517 g/mol. The molecular formula is C24H30IN5O2. The van der Waals surface area contributed by atoms with Crippen LogP contribution in [0.1, 0.15) is 43.2 Å². The van der Waals surface area contributed by atoms with Crippen molar-refractivity contribution in [1.82, 2.24) is 10.6 Å². The van der Waals surface area contributed by atoms with Gasteiger partial charge in [0.1, 0.15) is 0 Å². The number of anilines is 2. The summed E-state index contributed by atoms with van der Waals surface area (Å²) >= 11 is 0. The lowest BCUT2D eigenvalue weighted by atomic mass is 9.90. The van der Waals surface area contributed by atoms with Gasteiger partial charge in [-0.15, -0.1) is 24.0 Å². The van der Waals surface area contributed by atoms with Gasteiger partial charge in [-0.25, -0.2) is 4.99 Å². The summed E-state index contributed by atoms with van der Waals surface area (Å²) < 4.78 is 0. The van der Waals surface area contributed by atoms with Crippen molar-refractivity contribution in [1.29, 1.82) is 0 Å². The number of para-hydroxylation sites is 1. The van der Waals surface area contributed by atoms with Gasteiger partial charge in [0.05, 0.1) is 6.54 Å². The average Bonchev–Trinajstić information content (AvgIpc) is 3.21. The smallest absolute Gasteiger partial charge is 0.227 e. The zero-order valence-electron chi connectivity index (χ0n) is 18.3. The van der Waals surface area contributed by atoms with Crippen LogP contribution >= 0.6 is 24.0 Å². The number of nitrogens with zero attached hydrogens (tertiary/aromatic N) is 2. The van der Waals surface area contributed by atoms with E-state index in [0.717, 1.165) is 48.0 Å². The third-order valence-corrected chi connectivity index (χ3v) is 5.71. The minimum Gasteiger partial charge on any atom is -0.357 e. The summed E-state index contributed by atoms with van der Waals surface area (Å²) in [5.41, 5.74) is 4.08. The Balaban J connectivity index is 0.00000289. The van der Waals surface area contributed by atoms with E-state index < -0.39 is 0 Å². The number of fused-ring (bicyclic) bond motifs is 1. The molecule has 1 atom stereocenters. The van der Waals surface area contributed by atoms with Crippen molar-refractivity contribution >= 4 is 53.1 Å². The summed E-state index contributed by atoms with van der Waals surface area (Å²) in [5, 5.41) is 9.60. The molecule has 2 aliphatic heterocycles. The lowest BCUT2D eigenvalue weighted by Gasteiger charge is -2.26. The minimum absolute atomic E-state index is 0. The number of halogens is 1. The molecule has 0 aromatic heterocycles. The molecule has 0 bridgehead atoms. The zero-order valence-corrected chi connectivity index (χ0v) is 20.6. The van der Waals surface area contributed by atoms with Crippen LogP contribution in [0.15, 0.2) is 53.5 Å². The highest BCUT2D eigenvalue weighted by molar-refractivity contribution is 14.0. The molecule has 0 spiro atoms. The van der Waals surface area contributed by atoms with Gasteiger partial charge >= 0.3 is 0 Å². The van der Waals surface area contributed by atoms with E-state index >= 15 is 0 Å². The second-order valence-electron chi connectivity index (χ2n) is 7.93. The maximum atomic E-state index is 12.1. The van der Waals surface area contributed by atoms with Crippen LogP contribution in [0.2, 0.25) is 0 Å². The standard InChI is InChI=1S/C24H29N5O2.HI/c1-2-25-24(27-16-18-14-22(30)28-21-7-4-3-6-20(18)21)26-15-17-9-11-19(12-10-17)29-13-5-8-23(29)31;/h3-4,6-7,9-12,18H,2,5,8,13-16H2,1H3,(H,28,30)(H2,25,26,27);1H. The largest absolute Gasteiger partial charge is 0.357 e. The molecule has 0 aliphatic carbocycles. The molecule has 32 heavy (non-hydrogen) atoms. The van der Waals surface area contributed by atoms with Crippen molar-refractivity contribution in [2.24, 2.45) is 4.99 Å². The van der Waals surface area contributed by atoms with Crippen LogP contribution in [-0.2, 0) is 16.1 Å². The Morgan fingerprint density at radius 2 is 1.91 bits per heavy atom. The van der Waals surface area contributed by atoms with Crippen molar-refractivity contribution in [2.75, 3.05) is 29.9 Å². The molecule has 1 saturated heterocycles. The van der Waals surface area contributed by atoms with Crippen LogP contribution in [-0.4, -0.2) is 37.4 Å². The third-order valence-electron chi connectivity index (χ3n) is 5.71. The van der Waals surface area contributed by atoms with E-state index in [9.17, 15) is 9.59 Å². The van der Waals surface area contributed by atoms with E-state index in [1.165, 1.54) is 0 Å². The number of hydrogen-bond donors (Lipinski definition) is 3. The van der Waals surface area contributed by atoms with Crippen molar-refractivity contribution in [3.05, 3.63) is 59.7 Å². The van der Waals surface area contributed by atoms with Gasteiger partial charge in [0.25, 0.3) is 0 Å². The number of carbonyl (C=O) groups is 2. The number of rotatable bonds is 6. The highest BCUT2D eigenvalue weighted by Crippen LogP contribution is 2.31. The summed E-state index contributed by atoms with van der Waals surface area (Å²) in [6, 6.07) is 16.0. The number of carbonyl (C=O) groups excluding carboxylic acids is 2. The number of nitrogens with one attached hydrogen (secondary N) is 3. The molecule has 2 heterocycles. The Morgan fingerprint density at radius 3 is 2.62 bits per heavy atom. The molecule has 0 radical (unpaired) electrons. The summed E-state index contributed by atoms with van der Waals surface area (Å²) in [4.78, 5) is 30.5. The molecule has 2 aromatic rings. The van der Waals surface area contributed by atoms with E-state index in [-0.39, 0.29) is 41.7 Å². The van der Waals surface area contributed by atoms with E-state index in [1.807, 2.05) is 54.3 Å². The molecule has 3 N–H and O–H groups in total.